The number of benzene rings is 1. The van der Waals surface area contributed by atoms with Gasteiger partial charge >= 0.3 is 5.97 Å². The Kier molecular flexibility index (Phi) is 8.39. The zero-order chi connectivity index (χ0) is 26.1. The van der Waals surface area contributed by atoms with Crippen LogP contribution in [-0.4, -0.2) is 75.5 Å². The van der Waals surface area contributed by atoms with Gasteiger partial charge in [-0.25, -0.2) is 0 Å². The highest BCUT2D eigenvalue weighted by Crippen LogP contribution is 2.32. The van der Waals surface area contributed by atoms with Gasteiger partial charge in [-0.3, -0.25) is 29.0 Å². The van der Waals surface area contributed by atoms with Crippen LogP contribution in [0.4, 0.5) is 0 Å². The van der Waals surface area contributed by atoms with Gasteiger partial charge < -0.3 is 9.47 Å². The van der Waals surface area contributed by atoms with E-state index in [4.69, 9.17) is 21.7 Å². The molecular formula is C25H32N2O6S2. The lowest BCUT2D eigenvalue weighted by Gasteiger charge is -2.34. The van der Waals surface area contributed by atoms with Gasteiger partial charge in [0, 0.05) is 19.4 Å². The number of amides is 3. The van der Waals surface area contributed by atoms with Crippen molar-refractivity contribution in [2.45, 2.75) is 59.3 Å². The molecule has 1 aromatic rings. The molecular weight excluding hydrogens is 488 g/mol. The van der Waals surface area contributed by atoms with E-state index in [9.17, 15) is 19.2 Å². The smallest absolute Gasteiger partial charge is 0.312 e. The zero-order valence-electron chi connectivity index (χ0n) is 20.9. The predicted octanol–water partition coefficient (Wildman–Crippen LogP) is 3.53. The van der Waals surface area contributed by atoms with E-state index in [1.165, 1.54) is 23.8 Å². The van der Waals surface area contributed by atoms with E-state index in [2.05, 4.69) is 0 Å². The number of thioether (sulfide) groups is 1. The Morgan fingerprint density at radius 1 is 1.14 bits per heavy atom. The number of fused-ring (bicyclic) bond motifs is 1. The first-order valence-corrected chi connectivity index (χ1v) is 13.0. The molecule has 1 fully saturated rings. The number of carbonyl (C=O) groups is 4. The van der Waals surface area contributed by atoms with Gasteiger partial charge in [0.05, 0.1) is 22.6 Å². The van der Waals surface area contributed by atoms with E-state index in [0.717, 1.165) is 4.90 Å². The first-order chi connectivity index (χ1) is 16.4. The minimum atomic E-state index is -1.28. The van der Waals surface area contributed by atoms with Crippen molar-refractivity contribution < 1.29 is 28.7 Å². The van der Waals surface area contributed by atoms with Gasteiger partial charge in [0.15, 0.2) is 0 Å². The van der Waals surface area contributed by atoms with E-state index >= 15 is 0 Å². The number of thiocarbonyl (C=S) groups is 1. The summed E-state index contributed by atoms with van der Waals surface area (Å²) in [5.74, 6) is -0.998. The molecule has 1 saturated heterocycles. The summed E-state index contributed by atoms with van der Waals surface area (Å²) in [4.78, 5) is 54.8. The molecule has 0 spiro atoms. The number of carbonyl (C=O) groups excluding carboxylic acids is 4. The Balaban J connectivity index is 1.85. The number of methoxy groups -OCH3 is 1. The highest BCUT2D eigenvalue weighted by Gasteiger charge is 2.45. The molecule has 2 heterocycles. The molecule has 10 heteroatoms. The van der Waals surface area contributed by atoms with Crippen LogP contribution < -0.4 is 0 Å². The first kappa shape index (κ1) is 27.3. The summed E-state index contributed by atoms with van der Waals surface area (Å²) < 4.78 is 11.8. The fourth-order valence-electron chi connectivity index (χ4n) is 3.99. The molecule has 1 aromatic carbocycles. The van der Waals surface area contributed by atoms with Crippen LogP contribution >= 0.6 is 24.0 Å². The molecule has 0 saturated carbocycles. The maximum absolute atomic E-state index is 13.8. The summed E-state index contributed by atoms with van der Waals surface area (Å²) in [5, 5.41) is 0. The van der Waals surface area contributed by atoms with Gasteiger partial charge in [-0.15, -0.1) is 0 Å². The third kappa shape index (κ3) is 5.59. The minimum absolute atomic E-state index is 0.00844. The lowest BCUT2D eigenvalue weighted by atomic mass is 9.97. The number of esters is 1. The van der Waals surface area contributed by atoms with Gasteiger partial charge in [-0.1, -0.05) is 50.0 Å². The van der Waals surface area contributed by atoms with Gasteiger partial charge in [0.1, 0.15) is 10.4 Å². The monoisotopic (exact) mass is 520 g/mol. The van der Waals surface area contributed by atoms with Crippen LogP contribution in [-0.2, 0) is 19.1 Å². The first-order valence-electron chi connectivity index (χ1n) is 11.6. The Morgan fingerprint density at radius 2 is 1.71 bits per heavy atom. The predicted molar refractivity (Wildman–Crippen MR) is 137 cm³/mol. The molecule has 0 aromatic heterocycles. The second-order valence-electron chi connectivity index (χ2n) is 10.0. The van der Waals surface area contributed by atoms with E-state index < -0.39 is 41.3 Å². The van der Waals surface area contributed by atoms with Crippen LogP contribution in [0.25, 0.3) is 0 Å². The van der Waals surface area contributed by atoms with Crippen molar-refractivity contribution in [3.05, 3.63) is 35.4 Å². The van der Waals surface area contributed by atoms with Crippen molar-refractivity contribution >= 4 is 52.0 Å². The summed E-state index contributed by atoms with van der Waals surface area (Å²) >= 11 is 6.87. The normalized spacial score (nSPS) is 19.9. The average molecular weight is 521 g/mol. The number of ether oxygens (including phenoxy) is 2. The largest absolute Gasteiger partial charge is 0.449 e. The number of nitrogens with zero attached hydrogens (tertiary/aromatic N) is 2. The van der Waals surface area contributed by atoms with Crippen LogP contribution in [0.5, 0.6) is 0 Å². The fourth-order valence-corrected chi connectivity index (χ4v) is 5.63. The van der Waals surface area contributed by atoms with Crippen LogP contribution in [0.3, 0.4) is 0 Å². The third-order valence-corrected chi connectivity index (χ3v) is 7.66. The molecule has 190 valence electrons. The highest BCUT2D eigenvalue weighted by molar-refractivity contribution is 8.23. The van der Waals surface area contributed by atoms with Gasteiger partial charge in [0.25, 0.3) is 17.7 Å². The molecule has 0 N–H and O–H groups in total. The summed E-state index contributed by atoms with van der Waals surface area (Å²) in [7, 11) is 1.41. The van der Waals surface area contributed by atoms with E-state index in [1.54, 1.807) is 45.0 Å². The molecule has 3 atom stereocenters. The SMILES string of the molecule is CO[C@H](CCN1C(=O)c2ccccc2C1=O)[C@@H](OC(=O)C(C)(C)C)C(=O)N1C(=S)SC[C@@H]1C(C)C. The molecule has 3 amide bonds. The van der Waals surface area contributed by atoms with Crippen molar-refractivity contribution in [2.24, 2.45) is 11.3 Å². The standard InChI is InChI=1S/C25H32N2O6S2/c1-14(2)17-13-35-24(34)27(17)22(30)19(33-23(31)25(3,4)5)18(32-6)11-12-26-20(28)15-9-7-8-10-16(15)21(26)29/h7-10,14,17-19H,11-13H2,1-6H3/t17-,18-,19-/m1/s1. The van der Waals surface area contributed by atoms with Crippen LogP contribution in [0.1, 0.15) is 61.8 Å². The van der Waals surface area contributed by atoms with E-state index in [1.807, 2.05) is 13.8 Å². The van der Waals surface area contributed by atoms with Crippen molar-refractivity contribution in [1.29, 1.82) is 0 Å². The number of hydrogen-bond acceptors (Lipinski definition) is 8. The number of rotatable bonds is 8. The summed E-state index contributed by atoms with van der Waals surface area (Å²) in [6.45, 7) is 9.12. The highest BCUT2D eigenvalue weighted by atomic mass is 32.2. The van der Waals surface area contributed by atoms with Crippen LogP contribution in [0.2, 0.25) is 0 Å². The molecule has 0 aliphatic carbocycles. The van der Waals surface area contributed by atoms with Gasteiger partial charge in [-0.05, 0) is 45.2 Å². The maximum Gasteiger partial charge on any atom is 0.312 e. The molecule has 8 nitrogen and oxygen atoms in total. The molecule has 35 heavy (non-hydrogen) atoms. The van der Waals surface area contributed by atoms with E-state index in [-0.39, 0.29) is 24.9 Å². The summed E-state index contributed by atoms with van der Waals surface area (Å²) in [6.07, 6.45) is -2.06. The zero-order valence-corrected chi connectivity index (χ0v) is 22.5. The van der Waals surface area contributed by atoms with Gasteiger partial charge in [-0.2, -0.15) is 0 Å². The minimum Gasteiger partial charge on any atom is -0.449 e. The topological polar surface area (TPSA) is 93.2 Å². The molecule has 2 aliphatic heterocycles. The Bertz CT molecular complexity index is 1000. The van der Waals surface area contributed by atoms with Crippen LogP contribution in [0, 0.1) is 11.3 Å². The lowest BCUT2D eigenvalue weighted by molar-refractivity contribution is -0.175. The second-order valence-corrected chi connectivity index (χ2v) is 11.7. The second kappa shape index (κ2) is 10.8. The van der Waals surface area contributed by atoms with Gasteiger partial charge in [0.2, 0.25) is 6.10 Å². The lowest BCUT2D eigenvalue weighted by Crippen LogP contribution is -2.53. The maximum atomic E-state index is 13.8. The molecule has 0 bridgehead atoms. The quantitative estimate of drug-likeness (QED) is 0.292. The van der Waals surface area contributed by atoms with Crippen molar-refractivity contribution in [3.63, 3.8) is 0 Å². The van der Waals surface area contributed by atoms with Crippen molar-refractivity contribution in [1.82, 2.24) is 9.80 Å². The average Bonchev–Trinajstić information content (AvgIpc) is 3.30. The Hall–Kier alpha value is -2.30. The van der Waals surface area contributed by atoms with E-state index in [0.29, 0.717) is 21.2 Å². The number of hydrogen-bond donors (Lipinski definition) is 0. The summed E-state index contributed by atoms with van der Waals surface area (Å²) in [6, 6.07) is 6.49. The molecule has 0 radical (unpaired) electrons. The molecule has 3 rings (SSSR count). The fraction of sp³-hybridized carbons (Fsp3) is 0.560. The number of imide groups is 1. The Labute approximate surface area is 215 Å². The third-order valence-electron chi connectivity index (χ3n) is 6.16. The summed E-state index contributed by atoms with van der Waals surface area (Å²) in [5.41, 5.74) is -0.160. The van der Waals surface area contributed by atoms with Crippen molar-refractivity contribution in [2.75, 3.05) is 19.4 Å². The van der Waals surface area contributed by atoms with Crippen LogP contribution in [0.15, 0.2) is 24.3 Å². The Morgan fingerprint density at radius 3 is 2.20 bits per heavy atom. The molecule has 0 unspecified atom stereocenters. The van der Waals surface area contributed by atoms with Crippen molar-refractivity contribution in [3.8, 4) is 0 Å². The molecule has 2 aliphatic rings.